The van der Waals surface area contributed by atoms with E-state index in [-0.39, 0.29) is 70.6 Å². The molecule has 2 N–H and O–H groups in total. The first-order chi connectivity index (χ1) is 23.9. The molecule has 0 aliphatic heterocycles. The van der Waals surface area contributed by atoms with Crippen LogP contribution < -0.4 is 0 Å². The molecule has 0 aromatic heterocycles. The molecule has 0 aromatic rings. The number of Topliss-reactive ketones (excluding diaryl/α,β-unsaturated/α-hetero) is 1. The number of carbonyl (C=O) groups excluding carboxylic acids is 2. The molecule has 12 atom stereocenters. The van der Waals surface area contributed by atoms with E-state index < -0.39 is 52.9 Å². The monoisotopic (exact) mass is 730 g/mol. The Morgan fingerprint density at radius 2 is 1.52 bits per heavy atom. The molecular formula is C43H64F2O7. The molecule has 6 rings (SSSR count). The average molecular weight is 731 g/mol. The third-order valence-electron chi connectivity index (χ3n) is 17.5. The fourth-order valence-corrected chi connectivity index (χ4v) is 14.4. The van der Waals surface area contributed by atoms with Crippen molar-refractivity contribution in [3.8, 4) is 0 Å². The standard InChI is InChI=1S/C43H64F2O7/c1-24(2)27-12-17-42(31(46)21-26-20-25(35(48)49)22-43(26,44)45)19-18-40(8)28(34(27)42)10-11-30-39(7)15-14-32(52-33(47)23-37(3,4)36(50)51)38(5,6)29(39)13-16-41(30,40)9/h25-30,32,34H,1,10-23H2,2-9H3,(H,48,49)(H,50,51)/t25?,26?,27-,28?,29-,30+,32-,34?,39-,40+,41+,42+/m0/s1. The van der Waals surface area contributed by atoms with Crippen LogP contribution in [0.3, 0.4) is 0 Å². The highest BCUT2D eigenvalue weighted by atomic mass is 19.3. The van der Waals surface area contributed by atoms with Gasteiger partial charge in [-0.3, -0.25) is 19.2 Å². The van der Waals surface area contributed by atoms with E-state index in [1.54, 1.807) is 13.8 Å². The van der Waals surface area contributed by atoms with Crippen molar-refractivity contribution in [2.75, 3.05) is 0 Å². The fourth-order valence-electron chi connectivity index (χ4n) is 14.4. The van der Waals surface area contributed by atoms with Crippen LogP contribution in [0.1, 0.15) is 145 Å². The maximum Gasteiger partial charge on any atom is 0.309 e. The summed E-state index contributed by atoms with van der Waals surface area (Å²) in [5.74, 6) is -7.01. The molecule has 0 amide bonds. The summed E-state index contributed by atoms with van der Waals surface area (Å²) in [5, 5.41) is 19.1. The van der Waals surface area contributed by atoms with Gasteiger partial charge in [0.2, 0.25) is 0 Å². The highest BCUT2D eigenvalue weighted by Crippen LogP contribution is 2.78. The van der Waals surface area contributed by atoms with Gasteiger partial charge in [0.1, 0.15) is 11.9 Å². The van der Waals surface area contributed by atoms with Crippen LogP contribution in [0, 0.1) is 73.9 Å². The summed E-state index contributed by atoms with van der Waals surface area (Å²) >= 11 is 0. The Balaban J connectivity index is 1.26. The molecule has 6 saturated carbocycles. The molecule has 9 heteroatoms. The van der Waals surface area contributed by atoms with Gasteiger partial charge in [-0.1, -0.05) is 46.8 Å². The number of halogens is 2. The van der Waals surface area contributed by atoms with Gasteiger partial charge in [-0.25, -0.2) is 8.78 Å². The quantitative estimate of drug-likeness (QED) is 0.179. The van der Waals surface area contributed by atoms with Crippen molar-refractivity contribution in [1.82, 2.24) is 0 Å². The molecule has 7 nitrogen and oxygen atoms in total. The first-order valence-corrected chi connectivity index (χ1v) is 20.1. The summed E-state index contributed by atoms with van der Waals surface area (Å²) < 4.78 is 36.5. The van der Waals surface area contributed by atoms with E-state index in [4.69, 9.17) is 4.74 Å². The summed E-state index contributed by atoms with van der Waals surface area (Å²) in [6.07, 6.45) is 7.26. The number of allylic oxidation sites excluding steroid dienone is 1. The number of rotatable bonds is 9. The molecule has 0 saturated heterocycles. The lowest BCUT2D eigenvalue weighted by Crippen LogP contribution is -2.67. The minimum Gasteiger partial charge on any atom is -0.481 e. The van der Waals surface area contributed by atoms with Gasteiger partial charge in [0.25, 0.3) is 5.92 Å². The smallest absolute Gasteiger partial charge is 0.309 e. The molecule has 0 bridgehead atoms. The number of aliphatic carboxylic acids is 2. The van der Waals surface area contributed by atoms with Gasteiger partial charge in [-0.2, -0.15) is 0 Å². The van der Waals surface area contributed by atoms with Crippen LogP contribution in [0.25, 0.3) is 0 Å². The molecule has 0 spiro atoms. The number of esters is 1. The van der Waals surface area contributed by atoms with Crippen molar-refractivity contribution < 1.29 is 42.9 Å². The average Bonchev–Trinajstić information content (AvgIpc) is 3.57. The van der Waals surface area contributed by atoms with Crippen LogP contribution in [-0.4, -0.2) is 45.9 Å². The SMILES string of the molecule is C=C(C)[C@@H]1CC[C@]2(C(=O)CC3CC(C(=O)O)CC3(F)F)CC[C@]3(C)C(CC[C@@H]4[C@@]5(C)CC[C@H](OC(=O)CC(C)(C)C(=O)O)C(C)(C)[C@@H]5CC[C@]43C)C12. The number of fused-ring (bicyclic) bond motifs is 7. The number of ketones is 1. The lowest BCUT2D eigenvalue weighted by atomic mass is 9.32. The fraction of sp³-hybridized carbons (Fsp3) is 0.860. The Morgan fingerprint density at radius 3 is 2.12 bits per heavy atom. The molecule has 4 unspecified atom stereocenters. The van der Waals surface area contributed by atoms with Crippen molar-refractivity contribution in [1.29, 1.82) is 0 Å². The summed E-state index contributed by atoms with van der Waals surface area (Å²) in [7, 11) is 0. The van der Waals surface area contributed by atoms with E-state index in [2.05, 4.69) is 48.1 Å². The third kappa shape index (κ3) is 5.73. The van der Waals surface area contributed by atoms with Crippen LogP contribution in [0.2, 0.25) is 0 Å². The van der Waals surface area contributed by atoms with Gasteiger partial charge in [-0.15, -0.1) is 0 Å². The Bertz CT molecular complexity index is 1520. The van der Waals surface area contributed by atoms with E-state index in [0.717, 1.165) is 56.9 Å². The summed E-state index contributed by atoms with van der Waals surface area (Å²) in [6.45, 7) is 21.5. The van der Waals surface area contributed by atoms with E-state index in [0.29, 0.717) is 24.7 Å². The van der Waals surface area contributed by atoms with Crippen molar-refractivity contribution in [3.05, 3.63) is 12.2 Å². The first kappa shape index (κ1) is 39.4. The Kier molecular flexibility index (Phi) is 9.55. The lowest BCUT2D eigenvalue weighted by Gasteiger charge is -2.73. The Labute approximate surface area is 309 Å². The number of carboxylic acids is 2. The second-order valence-electron chi connectivity index (χ2n) is 20.6. The minimum absolute atomic E-state index is 0.00309. The summed E-state index contributed by atoms with van der Waals surface area (Å²) in [4.78, 5) is 51.0. The third-order valence-corrected chi connectivity index (χ3v) is 17.5. The predicted octanol–water partition coefficient (Wildman–Crippen LogP) is 9.76. The summed E-state index contributed by atoms with van der Waals surface area (Å²) in [5.41, 5.74) is -1.13. The van der Waals surface area contributed by atoms with Gasteiger partial charge < -0.3 is 14.9 Å². The zero-order valence-corrected chi connectivity index (χ0v) is 32.9. The van der Waals surface area contributed by atoms with Crippen molar-refractivity contribution >= 4 is 23.7 Å². The number of ether oxygens (including phenoxy) is 1. The molecule has 6 aliphatic rings. The van der Waals surface area contributed by atoms with Crippen LogP contribution in [-0.2, 0) is 23.9 Å². The molecule has 6 fully saturated rings. The van der Waals surface area contributed by atoms with E-state index in [1.165, 1.54) is 0 Å². The molecule has 6 aliphatic carbocycles. The molecule has 0 radical (unpaired) electrons. The van der Waals surface area contributed by atoms with Crippen LogP contribution in [0.15, 0.2) is 12.2 Å². The largest absolute Gasteiger partial charge is 0.481 e. The van der Waals surface area contributed by atoms with E-state index in [1.807, 2.05) is 0 Å². The van der Waals surface area contributed by atoms with Crippen molar-refractivity contribution in [3.63, 3.8) is 0 Å². The second-order valence-corrected chi connectivity index (χ2v) is 20.6. The maximum atomic E-state index is 15.2. The highest BCUT2D eigenvalue weighted by molar-refractivity contribution is 5.86. The number of hydrogen-bond acceptors (Lipinski definition) is 5. The normalized spacial score (nSPS) is 44.7. The maximum absolute atomic E-state index is 15.2. The lowest BCUT2D eigenvalue weighted by molar-refractivity contribution is -0.249. The van der Waals surface area contributed by atoms with Gasteiger partial charge >= 0.3 is 17.9 Å². The van der Waals surface area contributed by atoms with Crippen molar-refractivity contribution in [2.24, 2.45) is 73.9 Å². The zero-order valence-electron chi connectivity index (χ0n) is 32.9. The predicted molar refractivity (Wildman–Crippen MR) is 193 cm³/mol. The number of carbonyl (C=O) groups is 4. The highest BCUT2D eigenvalue weighted by Gasteiger charge is 2.72. The van der Waals surface area contributed by atoms with Gasteiger partial charge in [0, 0.05) is 29.6 Å². The van der Waals surface area contributed by atoms with E-state index >= 15 is 8.78 Å². The van der Waals surface area contributed by atoms with Gasteiger partial charge in [0.05, 0.1) is 17.8 Å². The molecular weight excluding hydrogens is 666 g/mol. The minimum atomic E-state index is -3.15. The van der Waals surface area contributed by atoms with Gasteiger partial charge in [-0.05, 0) is 137 Å². The van der Waals surface area contributed by atoms with Crippen LogP contribution in [0.5, 0.6) is 0 Å². The zero-order chi connectivity index (χ0) is 38.6. The Hall–Kier alpha value is -2.32. The van der Waals surface area contributed by atoms with Crippen LogP contribution in [0.4, 0.5) is 8.78 Å². The number of alkyl halides is 2. The number of hydrogen-bond donors (Lipinski definition) is 2. The molecule has 292 valence electrons. The van der Waals surface area contributed by atoms with E-state index in [9.17, 15) is 29.4 Å². The Morgan fingerprint density at radius 1 is 0.846 bits per heavy atom. The topological polar surface area (TPSA) is 118 Å². The first-order valence-electron chi connectivity index (χ1n) is 20.1. The molecule has 0 heterocycles. The molecule has 52 heavy (non-hydrogen) atoms. The second kappa shape index (κ2) is 12.6. The summed E-state index contributed by atoms with van der Waals surface area (Å²) in [6, 6.07) is 0. The van der Waals surface area contributed by atoms with Crippen molar-refractivity contribution in [2.45, 2.75) is 157 Å². The number of carboxylic acid groups (broad SMARTS) is 2. The van der Waals surface area contributed by atoms with Gasteiger partial charge in [0.15, 0.2) is 0 Å². The molecule has 0 aromatic carbocycles. The van der Waals surface area contributed by atoms with Crippen LogP contribution >= 0.6 is 0 Å².